The SMILES string of the molecule is CCCN(Cc1cccn1Cc1ccc(C(=O)NCC(C)C)o1)C(=O)CC. The van der Waals surface area contributed by atoms with Gasteiger partial charge in [0.15, 0.2) is 5.76 Å². The highest BCUT2D eigenvalue weighted by atomic mass is 16.4. The van der Waals surface area contributed by atoms with E-state index in [0.29, 0.717) is 43.5 Å². The van der Waals surface area contributed by atoms with Crippen molar-refractivity contribution in [1.82, 2.24) is 14.8 Å². The third-order valence-electron chi connectivity index (χ3n) is 4.31. The van der Waals surface area contributed by atoms with Crippen LogP contribution >= 0.6 is 0 Å². The van der Waals surface area contributed by atoms with Crippen LogP contribution in [0.1, 0.15) is 62.5 Å². The van der Waals surface area contributed by atoms with Crippen LogP contribution in [0.25, 0.3) is 0 Å². The molecule has 0 aromatic carbocycles. The van der Waals surface area contributed by atoms with E-state index in [2.05, 4.69) is 16.8 Å². The van der Waals surface area contributed by atoms with Crippen LogP contribution in [0.5, 0.6) is 0 Å². The summed E-state index contributed by atoms with van der Waals surface area (Å²) < 4.78 is 7.77. The summed E-state index contributed by atoms with van der Waals surface area (Å²) in [7, 11) is 0. The van der Waals surface area contributed by atoms with Crippen molar-refractivity contribution in [3.8, 4) is 0 Å². The van der Waals surface area contributed by atoms with Crippen LogP contribution < -0.4 is 5.32 Å². The Morgan fingerprint density at radius 2 is 2.00 bits per heavy atom. The van der Waals surface area contributed by atoms with Gasteiger partial charge in [-0.3, -0.25) is 9.59 Å². The Hall–Kier alpha value is -2.50. The van der Waals surface area contributed by atoms with Crippen LogP contribution in [0.3, 0.4) is 0 Å². The lowest BCUT2D eigenvalue weighted by Gasteiger charge is -2.22. The monoisotopic (exact) mass is 373 g/mol. The summed E-state index contributed by atoms with van der Waals surface area (Å²) in [6, 6.07) is 7.52. The van der Waals surface area contributed by atoms with E-state index in [-0.39, 0.29) is 11.8 Å². The third-order valence-corrected chi connectivity index (χ3v) is 4.31. The number of aromatic nitrogens is 1. The molecule has 0 spiro atoms. The molecule has 0 fully saturated rings. The highest BCUT2D eigenvalue weighted by Crippen LogP contribution is 2.14. The molecule has 148 valence electrons. The molecule has 6 nitrogen and oxygen atoms in total. The average molecular weight is 373 g/mol. The predicted molar refractivity (Wildman–Crippen MR) is 105 cm³/mol. The van der Waals surface area contributed by atoms with Gasteiger partial charge in [0.05, 0.1) is 13.1 Å². The van der Waals surface area contributed by atoms with E-state index in [1.807, 2.05) is 50.1 Å². The number of hydrogen-bond donors (Lipinski definition) is 1. The van der Waals surface area contributed by atoms with E-state index in [4.69, 9.17) is 4.42 Å². The van der Waals surface area contributed by atoms with Crippen molar-refractivity contribution in [1.29, 1.82) is 0 Å². The van der Waals surface area contributed by atoms with Crippen molar-refractivity contribution >= 4 is 11.8 Å². The maximum atomic E-state index is 12.1. The van der Waals surface area contributed by atoms with E-state index in [1.54, 1.807) is 6.07 Å². The molecule has 0 unspecified atom stereocenters. The summed E-state index contributed by atoms with van der Waals surface area (Å²) in [6.45, 7) is 10.5. The van der Waals surface area contributed by atoms with Crippen molar-refractivity contribution in [3.05, 3.63) is 47.7 Å². The Bertz CT molecular complexity index is 745. The highest BCUT2D eigenvalue weighted by Gasteiger charge is 2.15. The molecule has 6 heteroatoms. The number of nitrogens with zero attached hydrogens (tertiary/aromatic N) is 2. The molecule has 0 aliphatic carbocycles. The fraction of sp³-hybridized carbons (Fsp3) is 0.524. The first-order valence-corrected chi connectivity index (χ1v) is 9.73. The van der Waals surface area contributed by atoms with E-state index in [1.165, 1.54) is 0 Å². The Morgan fingerprint density at radius 3 is 2.67 bits per heavy atom. The van der Waals surface area contributed by atoms with Crippen molar-refractivity contribution < 1.29 is 14.0 Å². The second kappa shape index (κ2) is 10.00. The number of carbonyl (C=O) groups excluding carboxylic acids is 2. The van der Waals surface area contributed by atoms with Gasteiger partial charge in [0, 0.05) is 31.4 Å². The summed E-state index contributed by atoms with van der Waals surface area (Å²) >= 11 is 0. The first-order valence-electron chi connectivity index (χ1n) is 9.73. The minimum atomic E-state index is -0.189. The number of furan rings is 1. The molecule has 1 N–H and O–H groups in total. The van der Waals surface area contributed by atoms with E-state index < -0.39 is 0 Å². The molecule has 2 aromatic rings. The maximum absolute atomic E-state index is 12.1. The molecule has 2 heterocycles. The zero-order chi connectivity index (χ0) is 19.8. The predicted octanol–water partition coefficient (Wildman–Crippen LogP) is 3.66. The first-order chi connectivity index (χ1) is 12.9. The van der Waals surface area contributed by atoms with Crippen LogP contribution in [0, 0.1) is 5.92 Å². The molecule has 0 atom stereocenters. The largest absolute Gasteiger partial charge is 0.454 e. The quantitative estimate of drug-likeness (QED) is 0.691. The fourth-order valence-corrected chi connectivity index (χ4v) is 2.87. The van der Waals surface area contributed by atoms with Crippen LogP contribution in [0.2, 0.25) is 0 Å². The Morgan fingerprint density at radius 1 is 1.22 bits per heavy atom. The molecule has 0 bridgehead atoms. The van der Waals surface area contributed by atoms with Crippen molar-refractivity contribution in [2.75, 3.05) is 13.1 Å². The zero-order valence-electron chi connectivity index (χ0n) is 16.8. The second-order valence-electron chi connectivity index (χ2n) is 7.17. The molecular weight excluding hydrogens is 342 g/mol. The second-order valence-corrected chi connectivity index (χ2v) is 7.17. The summed E-state index contributed by atoms with van der Waals surface area (Å²) in [6.07, 6.45) is 3.41. The molecular formula is C21H31N3O3. The highest BCUT2D eigenvalue weighted by molar-refractivity contribution is 5.91. The van der Waals surface area contributed by atoms with Crippen molar-refractivity contribution in [2.45, 2.75) is 53.6 Å². The first kappa shape index (κ1) is 20.8. The van der Waals surface area contributed by atoms with Gasteiger partial charge in [0.2, 0.25) is 5.91 Å². The normalized spacial score (nSPS) is 11.0. The summed E-state index contributed by atoms with van der Waals surface area (Å²) in [5.74, 6) is 1.40. The Labute approximate surface area is 161 Å². The lowest BCUT2D eigenvalue weighted by atomic mass is 10.2. The van der Waals surface area contributed by atoms with Gasteiger partial charge in [-0.05, 0) is 36.6 Å². The van der Waals surface area contributed by atoms with Crippen molar-refractivity contribution in [2.24, 2.45) is 5.92 Å². The van der Waals surface area contributed by atoms with Crippen molar-refractivity contribution in [3.63, 3.8) is 0 Å². The minimum Gasteiger partial charge on any atom is -0.454 e. The number of rotatable bonds is 10. The fourth-order valence-electron chi connectivity index (χ4n) is 2.87. The molecule has 2 rings (SSSR count). The number of hydrogen-bond acceptors (Lipinski definition) is 3. The molecule has 2 amide bonds. The number of nitrogens with one attached hydrogen (secondary N) is 1. The van der Waals surface area contributed by atoms with E-state index in [9.17, 15) is 9.59 Å². The minimum absolute atomic E-state index is 0.159. The van der Waals surface area contributed by atoms with Gasteiger partial charge in [-0.2, -0.15) is 0 Å². The Kier molecular flexibility index (Phi) is 7.70. The lowest BCUT2D eigenvalue weighted by Crippen LogP contribution is -2.31. The van der Waals surface area contributed by atoms with Crippen LogP contribution in [0.4, 0.5) is 0 Å². The van der Waals surface area contributed by atoms with E-state index >= 15 is 0 Å². The molecule has 0 aliphatic rings. The van der Waals surface area contributed by atoms with Gasteiger partial charge in [0.25, 0.3) is 5.91 Å². The van der Waals surface area contributed by atoms with Gasteiger partial charge in [-0.15, -0.1) is 0 Å². The molecule has 0 radical (unpaired) electrons. The average Bonchev–Trinajstić information content (AvgIpc) is 3.28. The number of amides is 2. The van der Waals surface area contributed by atoms with Gasteiger partial charge in [-0.25, -0.2) is 0 Å². The van der Waals surface area contributed by atoms with Crippen LogP contribution in [-0.4, -0.2) is 34.4 Å². The topological polar surface area (TPSA) is 67.5 Å². The van der Waals surface area contributed by atoms with Gasteiger partial charge in [-0.1, -0.05) is 27.7 Å². The van der Waals surface area contributed by atoms with Gasteiger partial charge in [0.1, 0.15) is 5.76 Å². The van der Waals surface area contributed by atoms with Gasteiger partial charge >= 0.3 is 0 Å². The molecule has 27 heavy (non-hydrogen) atoms. The molecule has 2 aromatic heterocycles. The third kappa shape index (κ3) is 6.01. The standard InChI is InChI=1S/C21H31N3O3/c1-5-11-24(20(25)6-2)14-17-8-7-12-23(17)15-18-9-10-19(27-18)21(26)22-13-16(3)4/h7-10,12,16H,5-6,11,13-15H2,1-4H3,(H,22,26). The molecule has 0 aliphatic heterocycles. The van der Waals surface area contributed by atoms with Crippen LogP contribution in [0.15, 0.2) is 34.9 Å². The summed E-state index contributed by atoms with van der Waals surface area (Å²) in [4.78, 5) is 26.1. The maximum Gasteiger partial charge on any atom is 0.287 e. The van der Waals surface area contributed by atoms with Gasteiger partial charge < -0.3 is 19.2 Å². The smallest absolute Gasteiger partial charge is 0.287 e. The molecule has 0 saturated carbocycles. The summed E-state index contributed by atoms with van der Waals surface area (Å²) in [5.41, 5.74) is 1.05. The summed E-state index contributed by atoms with van der Waals surface area (Å²) in [5, 5.41) is 2.86. The molecule has 0 saturated heterocycles. The zero-order valence-corrected chi connectivity index (χ0v) is 16.8. The Balaban J connectivity index is 2.04. The van der Waals surface area contributed by atoms with E-state index in [0.717, 1.165) is 18.7 Å². The lowest BCUT2D eigenvalue weighted by molar-refractivity contribution is -0.131. The number of carbonyl (C=O) groups is 2. The van der Waals surface area contributed by atoms with Crippen LogP contribution in [-0.2, 0) is 17.9 Å².